The number of aliphatic hydroxyl groups is 2. The summed E-state index contributed by atoms with van der Waals surface area (Å²) in [5.74, 6) is 0. The number of rotatable bonds is 5. The molecule has 1 heterocycles. The van der Waals surface area contributed by atoms with Gasteiger partial charge >= 0.3 is 0 Å². The second-order valence-electron chi connectivity index (χ2n) is 5.63. The minimum absolute atomic E-state index is 0.243. The Hall–Kier alpha value is -2.50. The van der Waals surface area contributed by atoms with Gasteiger partial charge in [0.15, 0.2) is 0 Å². The summed E-state index contributed by atoms with van der Waals surface area (Å²) in [7, 11) is 0. The van der Waals surface area contributed by atoms with Gasteiger partial charge in [-0.2, -0.15) is 0 Å². The van der Waals surface area contributed by atoms with Crippen molar-refractivity contribution in [2.45, 2.75) is 6.10 Å². The van der Waals surface area contributed by atoms with E-state index in [9.17, 15) is 5.11 Å². The maximum atomic E-state index is 9.34. The number of benzene rings is 2. The maximum Gasteiger partial charge on any atom is 0.0942 e. The van der Waals surface area contributed by atoms with Gasteiger partial charge in [0, 0.05) is 24.3 Å². The van der Waals surface area contributed by atoms with E-state index in [0.717, 1.165) is 34.7 Å². The quantitative estimate of drug-likeness (QED) is 0.545. The summed E-state index contributed by atoms with van der Waals surface area (Å²) in [5, 5.41) is 24.6. The summed E-state index contributed by atoms with van der Waals surface area (Å²) < 4.78 is 0. The van der Waals surface area contributed by atoms with Crippen LogP contribution in [-0.4, -0.2) is 36.0 Å². The Morgan fingerprint density at radius 2 is 2.00 bits per heavy atom. The number of hydrogen-bond acceptors (Lipinski definition) is 5. The lowest BCUT2D eigenvalue weighted by Crippen LogP contribution is -2.22. The van der Waals surface area contributed by atoms with E-state index in [2.05, 4.69) is 22.8 Å². The molecule has 5 nitrogen and oxygen atoms in total. The number of hydrogen-bond donors (Lipinski definition) is 5. The van der Waals surface area contributed by atoms with Gasteiger partial charge in [0.1, 0.15) is 0 Å². The summed E-state index contributed by atoms with van der Waals surface area (Å²) in [6.45, 7) is 0.854. The second kappa shape index (κ2) is 6.73. The molecule has 1 unspecified atom stereocenters. The third-order valence-electron chi connectivity index (χ3n) is 3.90. The predicted octanol–water partition coefficient (Wildman–Crippen LogP) is 2.00. The van der Waals surface area contributed by atoms with Crippen molar-refractivity contribution in [1.29, 1.82) is 0 Å². The average molecular weight is 311 g/mol. The molecule has 120 valence electrons. The SMILES string of the molecule is Nc1cccc2c1NCC2=Cc1ccc(NCC(O)CO)cc1. The van der Waals surface area contributed by atoms with Gasteiger partial charge in [0.2, 0.25) is 0 Å². The highest BCUT2D eigenvalue weighted by molar-refractivity contribution is 5.96. The van der Waals surface area contributed by atoms with Crippen molar-refractivity contribution in [3.8, 4) is 0 Å². The summed E-state index contributed by atoms with van der Waals surface area (Å²) in [6.07, 6.45) is 1.40. The molecule has 0 saturated carbocycles. The smallest absolute Gasteiger partial charge is 0.0942 e. The van der Waals surface area contributed by atoms with Crippen LogP contribution in [0, 0.1) is 0 Å². The van der Waals surface area contributed by atoms with Gasteiger partial charge in [-0.05, 0) is 35.4 Å². The zero-order valence-corrected chi connectivity index (χ0v) is 12.8. The van der Waals surface area contributed by atoms with Gasteiger partial charge in [-0.15, -0.1) is 0 Å². The molecule has 0 amide bonds. The van der Waals surface area contributed by atoms with Crippen LogP contribution in [0.5, 0.6) is 0 Å². The molecule has 3 rings (SSSR count). The van der Waals surface area contributed by atoms with E-state index < -0.39 is 6.10 Å². The van der Waals surface area contributed by atoms with Crippen LogP contribution in [0.1, 0.15) is 11.1 Å². The number of anilines is 3. The van der Waals surface area contributed by atoms with Gasteiger partial charge in [0.25, 0.3) is 0 Å². The number of nitrogens with one attached hydrogen (secondary N) is 2. The number of fused-ring (bicyclic) bond motifs is 1. The van der Waals surface area contributed by atoms with Crippen LogP contribution in [0.4, 0.5) is 17.1 Å². The van der Waals surface area contributed by atoms with E-state index in [0.29, 0.717) is 6.54 Å². The standard InChI is InChI=1S/C18H21N3O2/c19-17-3-1-2-16-13(9-21-18(16)17)8-12-4-6-14(7-5-12)20-10-15(23)11-22/h1-8,15,20-23H,9-11,19H2. The monoisotopic (exact) mass is 311 g/mol. The lowest BCUT2D eigenvalue weighted by molar-refractivity contribution is 0.105. The van der Waals surface area contributed by atoms with Crippen LogP contribution >= 0.6 is 0 Å². The molecule has 0 aromatic heterocycles. The number of nitrogen functional groups attached to an aromatic ring is 1. The maximum absolute atomic E-state index is 9.34. The minimum Gasteiger partial charge on any atom is -0.397 e. The third kappa shape index (κ3) is 3.47. The Morgan fingerprint density at radius 1 is 1.22 bits per heavy atom. The molecule has 0 aliphatic carbocycles. The van der Waals surface area contributed by atoms with E-state index in [1.54, 1.807) is 0 Å². The summed E-state index contributed by atoms with van der Waals surface area (Å²) in [5.41, 5.74) is 12.1. The number of para-hydroxylation sites is 1. The summed E-state index contributed by atoms with van der Waals surface area (Å²) in [6, 6.07) is 13.9. The molecule has 0 fully saturated rings. The zero-order chi connectivity index (χ0) is 16.2. The van der Waals surface area contributed by atoms with Crippen LogP contribution < -0.4 is 16.4 Å². The fourth-order valence-electron chi connectivity index (χ4n) is 2.64. The van der Waals surface area contributed by atoms with Crippen molar-refractivity contribution >= 4 is 28.7 Å². The minimum atomic E-state index is -0.747. The first-order valence-electron chi connectivity index (χ1n) is 7.63. The van der Waals surface area contributed by atoms with E-state index in [-0.39, 0.29) is 6.61 Å². The first kappa shape index (κ1) is 15.4. The van der Waals surface area contributed by atoms with E-state index in [1.165, 1.54) is 5.57 Å². The van der Waals surface area contributed by atoms with Crippen molar-refractivity contribution in [3.63, 3.8) is 0 Å². The molecule has 0 bridgehead atoms. The number of aliphatic hydroxyl groups excluding tert-OH is 2. The van der Waals surface area contributed by atoms with E-state index in [1.807, 2.05) is 36.4 Å². The fourth-order valence-corrected chi connectivity index (χ4v) is 2.64. The Morgan fingerprint density at radius 3 is 2.74 bits per heavy atom. The van der Waals surface area contributed by atoms with Gasteiger partial charge < -0.3 is 26.6 Å². The zero-order valence-electron chi connectivity index (χ0n) is 12.8. The second-order valence-corrected chi connectivity index (χ2v) is 5.63. The molecule has 0 radical (unpaired) electrons. The van der Waals surface area contributed by atoms with Crippen LogP contribution in [0.25, 0.3) is 11.6 Å². The molecule has 1 atom stereocenters. The molecular formula is C18H21N3O2. The fraction of sp³-hybridized carbons (Fsp3) is 0.222. The van der Waals surface area contributed by atoms with Crippen molar-refractivity contribution < 1.29 is 10.2 Å². The Labute approximate surface area is 135 Å². The Balaban J connectivity index is 1.73. The molecule has 0 saturated heterocycles. The van der Waals surface area contributed by atoms with Gasteiger partial charge in [-0.3, -0.25) is 0 Å². The normalized spacial score (nSPS) is 16.0. The van der Waals surface area contributed by atoms with Crippen molar-refractivity contribution in [2.24, 2.45) is 0 Å². The van der Waals surface area contributed by atoms with Crippen molar-refractivity contribution in [1.82, 2.24) is 0 Å². The number of nitrogens with two attached hydrogens (primary N) is 1. The van der Waals surface area contributed by atoms with E-state index in [4.69, 9.17) is 10.8 Å². The molecule has 0 spiro atoms. The molecule has 6 N–H and O–H groups in total. The highest BCUT2D eigenvalue weighted by Gasteiger charge is 2.17. The molecule has 2 aromatic rings. The topological polar surface area (TPSA) is 90.5 Å². The van der Waals surface area contributed by atoms with Gasteiger partial charge in [-0.25, -0.2) is 0 Å². The highest BCUT2D eigenvalue weighted by atomic mass is 16.3. The van der Waals surface area contributed by atoms with Gasteiger partial charge in [-0.1, -0.05) is 24.3 Å². The molecule has 1 aliphatic heterocycles. The first-order chi connectivity index (χ1) is 11.2. The van der Waals surface area contributed by atoms with E-state index >= 15 is 0 Å². The van der Waals surface area contributed by atoms with Crippen LogP contribution in [0.2, 0.25) is 0 Å². The molecule has 5 heteroatoms. The van der Waals surface area contributed by atoms with Gasteiger partial charge in [0.05, 0.1) is 24.1 Å². The highest BCUT2D eigenvalue weighted by Crippen LogP contribution is 2.36. The third-order valence-corrected chi connectivity index (χ3v) is 3.90. The Kier molecular flexibility index (Phi) is 4.50. The molecule has 1 aliphatic rings. The van der Waals surface area contributed by atoms with Crippen molar-refractivity contribution in [2.75, 3.05) is 36.1 Å². The molecule has 23 heavy (non-hydrogen) atoms. The molecule has 2 aromatic carbocycles. The van der Waals surface area contributed by atoms with Crippen LogP contribution in [0.15, 0.2) is 42.5 Å². The summed E-state index contributed by atoms with van der Waals surface area (Å²) in [4.78, 5) is 0. The largest absolute Gasteiger partial charge is 0.397 e. The van der Waals surface area contributed by atoms with Crippen LogP contribution in [-0.2, 0) is 0 Å². The first-order valence-corrected chi connectivity index (χ1v) is 7.63. The lowest BCUT2D eigenvalue weighted by Gasteiger charge is -2.10. The van der Waals surface area contributed by atoms with Crippen LogP contribution in [0.3, 0.4) is 0 Å². The predicted molar refractivity (Wildman–Crippen MR) is 95.2 cm³/mol. The average Bonchev–Trinajstić information content (AvgIpc) is 2.98. The van der Waals surface area contributed by atoms with Crippen molar-refractivity contribution in [3.05, 3.63) is 53.6 Å². The molecular weight excluding hydrogens is 290 g/mol. The summed E-state index contributed by atoms with van der Waals surface area (Å²) >= 11 is 0. The lowest BCUT2D eigenvalue weighted by atomic mass is 10.0. The Bertz CT molecular complexity index is 711.